The van der Waals surface area contributed by atoms with E-state index in [2.05, 4.69) is 37.9 Å². The topological polar surface area (TPSA) is 121 Å². The van der Waals surface area contributed by atoms with E-state index in [4.69, 9.17) is 0 Å². The van der Waals surface area contributed by atoms with Crippen molar-refractivity contribution in [3.8, 4) is 0 Å². The summed E-state index contributed by atoms with van der Waals surface area (Å²) in [6.45, 7) is 3.78. The highest BCUT2D eigenvalue weighted by Crippen LogP contribution is 2.59. The number of amides is 2. The zero-order chi connectivity index (χ0) is 24.8. The number of fused-ring (bicyclic) bond motifs is 3. The minimum Gasteiger partial charge on any atom is -0.336 e. The summed E-state index contributed by atoms with van der Waals surface area (Å²) in [5, 5.41) is 9.21. The predicted molar refractivity (Wildman–Crippen MR) is 133 cm³/mol. The van der Waals surface area contributed by atoms with Crippen LogP contribution >= 0.6 is 0 Å². The Labute approximate surface area is 208 Å². The fraction of sp³-hybridized carbons (Fsp3) is 0.577. The Morgan fingerprint density at radius 2 is 1.69 bits per heavy atom. The minimum atomic E-state index is -0.652. The van der Waals surface area contributed by atoms with Crippen molar-refractivity contribution in [3.63, 3.8) is 0 Å². The summed E-state index contributed by atoms with van der Waals surface area (Å²) >= 11 is 0. The largest absolute Gasteiger partial charge is 0.336 e. The highest BCUT2D eigenvalue weighted by molar-refractivity contribution is 5.97. The van der Waals surface area contributed by atoms with Crippen molar-refractivity contribution >= 4 is 29.1 Å². The third-order valence-corrected chi connectivity index (χ3v) is 9.34. The van der Waals surface area contributed by atoms with Crippen molar-refractivity contribution in [2.24, 2.45) is 23.2 Å². The highest BCUT2D eigenvalue weighted by atomic mass is 16.2. The molecule has 2 spiro atoms. The van der Waals surface area contributed by atoms with Crippen molar-refractivity contribution in [3.05, 3.63) is 40.1 Å². The smallest absolute Gasteiger partial charge is 0.276 e. The monoisotopic (exact) mass is 489 g/mol. The van der Waals surface area contributed by atoms with Crippen LogP contribution in [0.2, 0.25) is 0 Å². The zero-order valence-electron chi connectivity index (χ0n) is 20.6. The van der Waals surface area contributed by atoms with Gasteiger partial charge in [-0.25, -0.2) is 9.97 Å². The van der Waals surface area contributed by atoms with E-state index in [1.807, 2.05) is 6.92 Å². The van der Waals surface area contributed by atoms with Gasteiger partial charge in [-0.1, -0.05) is 0 Å². The number of nitrogens with zero attached hydrogens (tertiary/aromatic N) is 4. The van der Waals surface area contributed by atoms with Crippen molar-refractivity contribution in [2.75, 3.05) is 30.8 Å². The lowest BCUT2D eigenvalue weighted by molar-refractivity contribution is -0.118. The maximum absolute atomic E-state index is 13.7. The molecule has 3 saturated carbocycles. The third-order valence-electron chi connectivity index (χ3n) is 9.34. The first-order valence-electron chi connectivity index (χ1n) is 13.0. The summed E-state index contributed by atoms with van der Waals surface area (Å²) in [6.07, 6.45) is 7.50. The number of pyridine rings is 1. The molecular weight excluding hydrogens is 458 g/mol. The summed E-state index contributed by atoms with van der Waals surface area (Å²) in [5.41, 5.74) is 1.10. The standard InChI is InChI=1S/C26H31N7O3/c1-14-9-17(24(36)33-21(14)23(35)31-26(33)7-5-25(3-4-25)6-8-26)29-18-10-19(28-13-27-18)30-22(34)20-15-11-32(2)12-16(15)20/h9-10,13,15-16,20H,3-8,11-12H2,1-2H3,(H,31,35)(H2,27,28,29,30,34). The highest BCUT2D eigenvalue weighted by Gasteiger charge is 2.58. The van der Waals surface area contributed by atoms with Gasteiger partial charge < -0.3 is 20.9 Å². The molecule has 0 radical (unpaired) electrons. The molecule has 2 unspecified atom stereocenters. The average Bonchev–Trinajstić information content (AvgIpc) is 3.68. The Kier molecular flexibility index (Phi) is 4.50. The third kappa shape index (κ3) is 3.30. The quantitative estimate of drug-likeness (QED) is 0.602. The van der Waals surface area contributed by atoms with Crippen molar-refractivity contribution in [2.45, 2.75) is 51.1 Å². The summed E-state index contributed by atoms with van der Waals surface area (Å²) in [7, 11) is 2.08. The maximum Gasteiger partial charge on any atom is 0.276 e. The van der Waals surface area contributed by atoms with Crippen molar-refractivity contribution in [1.82, 2.24) is 24.8 Å². The number of aryl methyl sites for hydroxylation is 1. The van der Waals surface area contributed by atoms with E-state index in [1.165, 1.54) is 19.2 Å². The Bertz CT molecular complexity index is 1340. The van der Waals surface area contributed by atoms with Crippen LogP contribution in [0.4, 0.5) is 17.3 Å². The van der Waals surface area contributed by atoms with Crippen LogP contribution in [0.3, 0.4) is 0 Å². The molecule has 10 nitrogen and oxygen atoms in total. The summed E-state index contributed by atoms with van der Waals surface area (Å²) in [4.78, 5) is 50.1. The van der Waals surface area contributed by atoms with Crippen LogP contribution in [0.5, 0.6) is 0 Å². The van der Waals surface area contributed by atoms with Crippen LogP contribution in [-0.2, 0) is 10.5 Å². The molecule has 36 heavy (non-hydrogen) atoms. The SMILES string of the molecule is Cc1cc(Nc2cc(NC(=O)C3C4CN(C)CC43)ncn2)c(=O)n2c1C(=O)NC21CCC2(CC2)CC1. The fourth-order valence-electron chi connectivity index (χ4n) is 7.04. The van der Waals surface area contributed by atoms with Gasteiger partial charge in [0.1, 0.15) is 35.0 Å². The lowest BCUT2D eigenvalue weighted by Crippen LogP contribution is -2.50. The molecule has 1 saturated heterocycles. The van der Waals surface area contributed by atoms with E-state index in [-0.39, 0.29) is 23.3 Å². The van der Waals surface area contributed by atoms with Crippen LogP contribution in [0.1, 0.15) is 54.6 Å². The molecule has 2 aromatic heterocycles. The predicted octanol–water partition coefficient (Wildman–Crippen LogP) is 2.19. The van der Waals surface area contributed by atoms with Gasteiger partial charge in [-0.15, -0.1) is 0 Å². The van der Waals surface area contributed by atoms with Crippen LogP contribution in [0, 0.1) is 30.1 Å². The molecule has 2 aliphatic heterocycles. The van der Waals surface area contributed by atoms with Gasteiger partial charge in [0.25, 0.3) is 11.5 Å². The molecule has 4 fully saturated rings. The molecule has 10 heteroatoms. The average molecular weight is 490 g/mol. The van der Waals surface area contributed by atoms with E-state index >= 15 is 0 Å². The number of aromatic nitrogens is 3. The molecule has 4 heterocycles. The number of carbonyl (C=O) groups excluding carboxylic acids is 2. The normalized spacial score (nSPS) is 28.5. The van der Waals surface area contributed by atoms with Gasteiger partial charge in [0.15, 0.2) is 0 Å². The molecule has 2 atom stereocenters. The first-order valence-corrected chi connectivity index (χ1v) is 13.0. The number of piperidine rings is 1. The van der Waals surface area contributed by atoms with Crippen LogP contribution in [-0.4, -0.2) is 51.4 Å². The minimum absolute atomic E-state index is 0.00606. The molecular formula is C26H31N7O3. The number of rotatable bonds is 4. The van der Waals surface area contributed by atoms with Gasteiger partial charge in [0.05, 0.1) is 0 Å². The first kappa shape index (κ1) is 22.0. The zero-order valence-corrected chi connectivity index (χ0v) is 20.6. The lowest BCUT2D eigenvalue weighted by atomic mass is 9.79. The lowest BCUT2D eigenvalue weighted by Gasteiger charge is -2.39. The molecule has 3 aliphatic carbocycles. The number of nitrogens with one attached hydrogen (secondary N) is 3. The van der Waals surface area contributed by atoms with Gasteiger partial charge >= 0.3 is 0 Å². The molecule has 2 aromatic rings. The second kappa shape index (κ2) is 7.38. The number of anilines is 3. The molecule has 5 aliphatic rings. The molecule has 7 rings (SSSR count). The molecule has 188 valence electrons. The van der Waals surface area contributed by atoms with E-state index in [9.17, 15) is 14.4 Å². The molecule has 0 aromatic carbocycles. The second-order valence-electron chi connectivity index (χ2n) is 11.7. The Morgan fingerprint density at radius 3 is 2.39 bits per heavy atom. The van der Waals surface area contributed by atoms with Gasteiger partial charge in [-0.3, -0.25) is 19.0 Å². The Morgan fingerprint density at radius 1 is 1.03 bits per heavy atom. The van der Waals surface area contributed by atoms with E-state index in [0.29, 0.717) is 40.3 Å². The van der Waals surface area contributed by atoms with Crippen molar-refractivity contribution < 1.29 is 9.59 Å². The maximum atomic E-state index is 13.7. The summed E-state index contributed by atoms with van der Waals surface area (Å²) < 4.78 is 1.69. The summed E-state index contributed by atoms with van der Waals surface area (Å²) in [5.74, 6) is 1.55. The molecule has 0 bridgehead atoms. The first-order chi connectivity index (χ1) is 17.3. The van der Waals surface area contributed by atoms with Crippen LogP contribution in [0.25, 0.3) is 0 Å². The Hall–Kier alpha value is -3.27. The number of hydrogen-bond acceptors (Lipinski definition) is 7. The number of likely N-dealkylation sites (tertiary alicyclic amines) is 1. The van der Waals surface area contributed by atoms with E-state index < -0.39 is 5.66 Å². The van der Waals surface area contributed by atoms with Gasteiger partial charge in [0, 0.05) is 25.1 Å². The molecule has 2 amide bonds. The van der Waals surface area contributed by atoms with Gasteiger partial charge in [-0.2, -0.15) is 0 Å². The fourth-order valence-corrected chi connectivity index (χ4v) is 7.04. The van der Waals surface area contributed by atoms with Crippen LogP contribution in [0.15, 0.2) is 23.3 Å². The van der Waals surface area contributed by atoms with Crippen molar-refractivity contribution in [1.29, 1.82) is 0 Å². The van der Waals surface area contributed by atoms with E-state index in [1.54, 1.807) is 16.7 Å². The summed E-state index contributed by atoms with van der Waals surface area (Å²) in [6, 6.07) is 3.35. The van der Waals surface area contributed by atoms with E-state index in [0.717, 1.165) is 44.3 Å². The second-order valence-corrected chi connectivity index (χ2v) is 11.7. The van der Waals surface area contributed by atoms with Crippen LogP contribution < -0.4 is 21.5 Å². The number of hydrogen-bond donors (Lipinski definition) is 3. The van der Waals surface area contributed by atoms with Gasteiger partial charge in [-0.05, 0) is 81.4 Å². The number of carbonyl (C=O) groups is 2. The van der Waals surface area contributed by atoms with Gasteiger partial charge in [0.2, 0.25) is 5.91 Å². The molecule has 3 N–H and O–H groups in total. The Balaban J connectivity index is 1.14.